The van der Waals surface area contributed by atoms with Crippen LogP contribution < -0.4 is 10.0 Å². The van der Waals surface area contributed by atoms with Crippen LogP contribution in [-0.4, -0.2) is 49.8 Å². The van der Waals surface area contributed by atoms with Crippen LogP contribution in [0, 0.1) is 5.92 Å². The fourth-order valence-electron chi connectivity index (χ4n) is 3.47. The number of urea groups is 1. The minimum atomic E-state index is -3.18. The third-order valence-electron chi connectivity index (χ3n) is 4.95. The Kier molecular flexibility index (Phi) is 6.53. The molecule has 140 valence electrons. The maximum atomic E-state index is 12.4. The Morgan fingerprint density at radius 3 is 2.17 bits per heavy atom. The number of carbonyl (C=O) groups is 1. The molecule has 1 saturated carbocycles. The number of amides is 2. The van der Waals surface area contributed by atoms with Gasteiger partial charge in [0.25, 0.3) is 0 Å². The first kappa shape index (κ1) is 19.5. The molecule has 0 aromatic carbocycles. The van der Waals surface area contributed by atoms with E-state index in [0.29, 0.717) is 25.6 Å². The van der Waals surface area contributed by atoms with Crippen molar-refractivity contribution in [2.24, 2.45) is 5.92 Å². The van der Waals surface area contributed by atoms with Crippen molar-refractivity contribution >= 4 is 16.1 Å². The molecule has 2 rings (SSSR count). The lowest BCUT2D eigenvalue weighted by molar-refractivity contribution is 0.163. The second kappa shape index (κ2) is 8.04. The van der Waals surface area contributed by atoms with Crippen LogP contribution in [0.2, 0.25) is 0 Å². The quantitative estimate of drug-likeness (QED) is 0.809. The number of sulfonamides is 1. The van der Waals surface area contributed by atoms with Gasteiger partial charge in [0.1, 0.15) is 0 Å². The van der Waals surface area contributed by atoms with Crippen molar-refractivity contribution in [3.05, 3.63) is 0 Å². The molecule has 1 saturated heterocycles. The average molecular weight is 360 g/mol. The van der Waals surface area contributed by atoms with Crippen molar-refractivity contribution in [2.45, 2.75) is 76.5 Å². The lowest BCUT2D eigenvalue weighted by Gasteiger charge is -2.34. The van der Waals surface area contributed by atoms with Crippen molar-refractivity contribution in [3.8, 4) is 0 Å². The molecule has 0 aromatic rings. The molecule has 7 heteroatoms. The Morgan fingerprint density at radius 2 is 1.62 bits per heavy atom. The summed E-state index contributed by atoms with van der Waals surface area (Å²) in [6, 6.07) is -0.0243. The van der Waals surface area contributed by atoms with Crippen molar-refractivity contribution in [3.63, 3.8) is 0 Å². The Hall–Kier alpha value is -0.820. The van der Waals surface area contributed by atoms with Gasteiger partial charge in [0, 0.05) is 25.2 Å². The Labute approximate surface area is 146 Å². The van der Waals surface area contributed by atoms with Gasteiger partial charge in [-0.1, -0.05) is 19.3 Å². The predicted octanol–water partition coefficient (Wildman–Crippen LogP) is 2.46. The third kappa shape index (κ3) is 5.92. The third-order valence-corrected chi connectivity index (χ3v) is 6.87. The molecule has 24 heavy (non-hydrogen) atoms. The highest BCUT2D eigenvalue weighted by Crippen LogP contribution is 2.24. The zero-order valence-corrected chi connectivity index (χ0v) is 16.1. The first-order valence-corrected chi connectivity index (χ1v) is 10.8. The molecule has 0 atom stereocenters. The first-order chi connectivity index (χ1) is 11.2. The number of hydrogen-bond donors (Lipinski definition) is 2. The molecule has 0 bridgehead atoms. The monoisotopic (exact) mass is 359 g/mol. The summed E-state index contributed by atoms with van der Waals surface area (Å²) in [5, 5.41) is 2.77. The normalized spacial score (nSPS) is 21.7. The van der Waals surface area contributed by atoms with Crippen LogP contribution in [0.15, 0.2) is 0 Å². The predicted molar refractivity (Wildman–Crippen MR) is 96.4 cm³/mol. The minimum absolute atomic E-state index is 0.0243. The van der Waals surface area contributed by atoms with Crippen LogP contribution in [0.1, 0.15) is 65.7 Å². The molecule has 1 aliphatic heterocycles. The highest BCUT2D eigenvalue weighted by Gasteiger charge is 2.29. The molecular formula is C17H33N3O3S. The molecule has 0 aromatic heterocycles. The summed E-state index contributed by atoms with van der Waals surface area (Å²) in [5.74, 6) is 0.321. The van der Waals surface area contributed by atoms with E-state index < -0.39 is 10.0 Å². The van der Waals surface area contributed by atoms with Crippen LogP contribution in [-0.2, 0) is 10.0 Å². The van der Waals surface area contributed by atoms with Crippen LogP contribution >= 0.6 is 0 Å². The molecule has 2 N–H and O–H groups in total. The molecule has 1 aliphatic carbocycles. The van der Waals surface area contributed by atoms with Crippen molar-refractivity contribution in [1.29, 1.82) is 0 Å². The van der Waals surface area contributed by atoms with E-state index in [1.165, 1.54) is 0 Å². The number of nitrogens with one attached hydrogen (secondary N) is 2. The molecule has 0 radical (unpaired) electrons. The largest absolute Gasteiger partial charge is 0.333 e. The van der Waals surface area contributed by atoms with Crippen molar-refractivity contribution in [1.82, 2.24) is 14.9 Å². The average Bonchev–Trinajstić information content (AvgIpc) is 2.53. The first-order valence-electron chi connectivity index (χ1n) is 9.23. The van der Waals surface area contributed by atoms with E-state index in [9.17, 15) is 13.2 Å². The standard InChI is InChI=1S/C17H33N3O3S/c1-17(2,3)19-16(21)20-11-9-14(10-12-20)13-18-24(22,23)15-7-5-4-6-8-15/h14-15,18H,4-13H2,1-3H3,(H,19,21). The van der Waals surface area contributed by atoms with Gasteiger partial charge < -0.3 is 10.2 Å². The smallest absolute Gasteiger partial charge is 0.317 e. The Morgan fingerprint density at radius 1 is 1.04 bits per heavy atom. The number of hydrogen-bond acceptors (Lipinski definition) is 3. The molecule has 2 aliphatic rings. The number of piperidine rings is 1. The zero-order valence-electron chi connectivity index (χ0n) is 15.3. The molecule has 2 amide bonds. The minimum Gasteiger partial charge on any atom is -0.333 e. The highest BCUT2D eigenvalue weighted by molar-refractivity contribution is 7.90. The van der Waals surface area contributed by atoms with E-state index in [2.05, 4.69) is 10.0 Å². The topological polar surface area (TPSA) is 78.5 Å². The summed E-state index contributed by atoms with van der Waals surface area (Å²) in [6.45, 7) is 7.80. The molecule has 6 nitrogen and oxygen atoms in total. The maximum absolute atomic E-state index is 12.4. The van der Waals surface area contributed by atoms with Gasteiger partial charge in [0.2, 0.25) is 10.0 Å². The molecule has 2 fully saturated rings. The highest BCUT2D eigenvalue weighted by atomic mass is 32.2. The number of nitrogens with zero attached hydrogens (tertiary/aromatic N) is 1. The van der Waals surface area contributed by atoms with E-state index >= 15 is 0 Å². The summed E-state index contributed by atoms with van der Waals surface area (Å²) >= 11 is 0. The fourth-order valence-corrected chi connectivity index (χ4v) is 5.12. The number of rotatable bonds is 4. The van der Waals surface area contributed by atoms with Crippen LogP contribution in [0.25, 0.3) is 0 Å². The maximum Gasteiger partial charge on any atom is 0.317 e. The number of carbonyl (C=O) groups excluding carboxylic acids is 1. The lowest BCUT2D eigenvalue weighted by Crippen LogP contribution is -2.51. The number of likely N-dealkylation sites (tertiary alicyclic amines) is 1. The summed E-state index contributed by atoms with van der Waals surface area (Å²) < 4.78 is 27.6. The molecule has 1 heterocycles. The second-order valence-electron chi connectivity index (χ2n) is 8.26. The zero-order chi connectivity index (χ0) is 17.8. The van der Waals surface area contributed by atoms with Gasteiger partial charge in [-0.25, -0.2) is 17.9 Å². The molecule has 0 unspecified atom stereocenters. The van der Waals surface area contributed by atoms with Gasteiger partial charge in [-0.3, -0.25) is 0 Å². The Balaban J connectivity index is 1.74. The molecular weight excluding hydrogens is 326 g/mol. The van der Waals surface area contributed by atoms with Gasteiger partial charge in [-0.05, 0) is 52.4 Å². The summed E-state index contributed by atoms with van der Waals surface area (Å²) in [6.07, 6.45) is 6.48. The van der Waals surface area contributed by atoms with Crippen LogP contribution in [0.3, 0.4) is 0 Å². The molecule has 0 spiro atoms. The second-order valence-corrected chi connectivity index (χ2v) is 10.3. The van der Waals surface area contributed by atoms with E-state index in [1.807, 2.05) is 25.7 Å². The SMILES string of the molecule is CC(C)(C)NC(=O)N1CCC(CNS(=O)(=O)C2CCCCC2)CC1. The van der Waals surface area contributed by atoms with Crippen molar-refractivity contribution < 1.29 is 13.2 Å². The summed E-state index contributed by atoms with van der Waals surface area (Å²) in [4.78, 5) is 14.0. The van der Waals surface area contributed by atoms with E-state index in [1.54, 1.807) is 0 Å². The van der Waals surface area contributed by atoms with Gasteiger partial charge in [-0.2, -0.15) is 0 Å². The van der Waals surface area contributed by atoms with Gasteiger partial charge in [0.05, 0.1) is 5.25 Å². The van der Waals surface area contributed by atoms with E-state index in [-0.39, 0.29) is 16.8 Å². The van der Waals surface area contributed by atoms with Gasteiger partial charge in [0.15, 0.2) is 0 Å². The van der Waals surface area contributed by atoms with Crippen LogP contribution in [0.4, 0.5) is 4.79 Å². The Bertz CT molecular complexity index is 514. The van der Waals surface area contributed by atoms with Gasteiger partial charge >= 0.3 is 6.03 Å². The fraction of sp³-hybridized carbons (Fsp3) is 0.941. The lowest BCUT2D eigenvalue weighted by atomic mass is 9.97. The van der Waals surface area contributed by atoms with Crippen LogP contribution in [0.5, 0.6) is 0 Å². The van der Waals surface area contributed by atoms with Crippen molar-refractivity contribution in [2.75, 3.05) is 19.6 Å². The van der Waals surface area contributed by atoms with Gasteiger partial charge in [-0.15, -0.1) is 0 Å². The van der Waals surface area contributed by atoms with E-state index in [0.717, 1.165) is 44.9 Å². The van der Waals surface area contributed by atoms with E-state index in [4.69, 9.17) is 0 Å². The summed E-state index contributed by atoms with van der Waals surface area (Å²) in [5.41, 5.74) is -0.233. The summed E-state index contributed by atoms with van der Waals surface area (Å²) in [7, 11) is -3.18.